The molecule has 4 aromatic rings. The van der Waals surface area contributed by atoms with Crippen LogP contribution < -0.4 is 18.9 Å². The van der Waals surface area contributed by atoms with Gasteiger partial charge in [0.15, 0.2) is 0 Å². The summed E-state index contributed by atoms with van der Waals surface area (Å²) in [5.74, 6) is 3.51. The van der Waals surface area contributed by atoms with E-state index in [1.807, 2.05) is 0 Å². The number of unbranched alkanes of at least 4 members (excludes halogenated alkanes) is 12. The molecule has 0 N–H and O–H groups in total. The van der Waals surface area contributed by atoms with E-state index in [0.717, 1.165) is 126 Å². The maximum atomic E-state index is 6.32. The van der Waals surface area contributed by atoms with Gasteiger partial charge in [0.1, 0.15) is 23.0 Å². The van der Waals surface area contributed by atoms with Gasteiger partial charge in [0.05, 0.1) is 137 Å². The third kappa shape index (κ3) is 30.5. The molecule has 0 aliphatic heterocycles. The molecule has 0 aliphatic carbocycles. The van der Waals surface area contributed by atoms with E-state index >= 15 is 0 Å². The fraction of sp³-hybridized carbons (Fsp3) is 0.545. The van der Waals surface area contributed by atoms with Gasteiger partial charge in [0.25, 0.3) is 0 Å². The lowest BCUT2D eigenvalue weighted by Crippen LogP contribution is -2.35. The molecule has 0 atom stereocenters. The molecule has 0 saturated carbocycles. The molecule has 8 nitrogen and oxygen atoms in total. The minimum atomic E-state index is 0.721. The van der Waals surface area contributed by atoms with E-state index in [2.05, 4.69) is 206 Å². The Morgan fingerprint density at radius 2 is 0.432 bits per heavy atom. The quantitative estimate of drug-likeness (QED) is 0.0255. The molecule has 8 heteroatoms. The number of ether oxygens (including phenoxy) is 4. The summed E-state index contributed by atoms with van der Waals surface area (Å²) in [6.45, 7) is 7.72. The molecule has 0 spiro atoms. The van der Waals surface area contributed by atoms with Gasteiger partial charge in [-0.3, -0.25) is 0 Å². The highest BCUT2D eigenvalue weighted by Gasteiger charge is 2.10. The zero-order valence-electron chi connectivity index (χ0n) is 48.9. The van der Waals surface area contributed by atoms with Crippen molar-refractivity contribution in [1.82, 2.24) is 0 Å². The van der Waals surface area contributed by atoms with Gasteiger partial charge in [-0.15, -0.1) is 0 Å². The highest BCUT2D eigenvalue weighted by Crippen LogP contribution is 2.28. The Hall–Kier alpha value is -4.86. The molecule has 0 aromatic heterocycles. The first kappa shape index (κ1) is 61.7. The Balaban J connectivity index is 1.33. The molecule has 0 unspecified atom stereocenters. The van der Waals surface area contributed by atoms with Crippen LogP contribution in [0.4, 0.5) is 0 Å². The number of rotatable bonds is 38. The zero-order chi connectivity index (χ0) is 53.7. The standard InChI is InChI=1S/C66H104N4O4/c1-67(2,3)43-21-13-17-25-47-71-63-51-61(52-64(55-63)72-48-26-18-14-22-44-68(4,5)6)41-39-59-35-31-57(32-36-59)29-30-58-33-37-60(38-34-58)40-42-62-53-65(73-49-27-19-15-23-45-69(7,8)9)56-66(54-62)74-50-28-20-16-24-46-70(10,11)12/h29-42,51-56H,13-28,43-50H2,1-12H3/q+4/b30-29+,41-39+,42-40+. The molecule has 0 aliphatic rings. The second kappa shape index (κ2) is 32.6. The summed E-state index contributed by atoms with van der Waals surface area (Å²) in [5.41, 5.74) is 6.77. The SMILES string of the molecule is C[N+](C)(C)CCCCCCOc1cc(/C=C/c2ccc(/C=C/c3ccc(/C=C/c4cc(OCCCCCC[N+](C)(C)C)cc(OCCCCCC[N+](C)(C)C)c4)cc3)cc2)cc(OCCCCCC[N+](C)(C)C)c1. The summed E-state index contributed by atoms with van der Waals surface area (Å²) < 4.78 is 29.4. The van der Waals surface area contributed by atoms with E-state index in [1.165, 1.54) is 103 Å². The van der Waals surface area contributed by atoms with Gasteiger partial charge in [-0.25, -0.2) is 0 Å². The summed E-state index contributed by atoms with van der Waals surface area (Å²) >= 11 is 0. The maximum absolute atomic E-state index is 6.32. The maximum Gasteiger partial charge on any atom is 0.123 e. The van der Waals surface area contributed by atoms with Crippen LogP contribution in [0.5, 0.6) is 23.0 Å². The molecule has 0 amide bonds. The van der Waals surface area contributed by atoms with Gasteiger partial charge in [-0.1, -0.05) is 85.0 Å². The molecule has 0 radical (unpaired) electrons. The number of hydrogen-bond donors (Lipinski definition) is 0. The van der Waals surface area contributed by atoms with Crippen molar-refractivity contribution >= 4 is 36.5 Å². The second-order valence-corrected chi connectivity index (χ2v) is 24.9. The van der Waals surface area contributed by atoms with Gasteiger partial charge >= 0.3 is 0 Å². The van der Waals surface area contributed by atoms with Crippen molar-refractivity contribution in [1.29, 1.82) is 0 Å². The van der Waals surface area contributed by atoms with Crippen LogP contribution in [0, 0.1) is 0 Å². The highest BCUT2D eigenvalue weighted by molar-refractivity contribution is 5.75. The smallest absolute Gasteiger partial charge is 0.123 e. The predicted octanol–water partition coefficient (Wildman–Crippen LogP) is 14.8. The fourth-order valence-corrected chi connectivity index (χ4v) is 8.65. The topological polar surface area (TPSA) is 36.9 Å². The summed E-state index contributed by atoms with van der Waals surface area (Å²) in [5, 5.41) is 0. The lowest BCUT2D eigenvalue weighted by atomic mass is 10.1. The first-order valence-electron chi connectivity index (χ1n) is 28.4. The van der Waals surface area contributed by atoms with Crippen LogP contribution in [-0.2, 0) is 0 Å². The molecule has 0 bridgehead atoms. The number of benzene rings is 4. The van der Waals surface area contributed by atoms with Crippen LogP contribution in [0.3, 0.4) is 0 Å². The first-order valence-corrected chi connectivity index (χ1v) is 28.4. The van der Waals surface area contributed by atoms with Gasteiger partial charge < -0.3 is 36.9 Å². The molecular weight excluding hydrogens is 913 g/mol. The van der Waals surface area contributed by atoms with E-state index < -0.39 is 0 Å². The third-order valence-electron chi connectivity index (χ3n) is 13.1. The van der Waals surface area contributed by atoms with Crippen molar-refractivity contribution in [2.75, 3.05) is 137 Å². The minimum absolute atomic E-state index is 0.721. The van der Waals surface area contributed by atoms with E-state index in [9.17, 15) is 0 Å². The van der Waals surface area contributed by atoms with Gasteiger partial charge in [-0.2, -0.15) is 0 Å². The van der Waals surface area contributed by atoms with Gasteiger partial charge in [0.2, 0.25) is 0 Å². The van der Waals surface area contributed by atoms with Crippen molar-refractivity contribution < 1.29 is 36.9 Å². The summed E-state index contributed by atoms with van der Waals surface area (Å²) in [4.78, 5) is 0. The summed E-state index contributed by atoms with van der Waals surface area (Å²) in [7, 11) is 27.2. The van der Waals surface area contributed by atoms with Crippen LogP contribution in [0.15, 0.2) is 84.9 Å². The Kier molecular flexibility index (Phi) is 27.1. The van der Waals surface area contributed by atoms with Gasteiger partial charge in [-0.05, 0) is 160 Å². The molecular formula is C66H104N4O4+4. The van der Waals surface area contributed by atoms with Gasteiger partial charge in [0, 0.05) is 12.1 Å². The van der Waals surface area contributed by atoms with E-state index in [0.29, 0.717) is 0 Å². The summed E-state index contributed by atoms with van der Waals surface area (Å²) in [6.07, 6.45) is 32.0. The molecule has 0 heterocycles. The van der Waals surface area contributed by atoms with Crippen LogP contribution >= 0.6 is 0 Å². The normalized spacial score (nSPS) is 12.6. The van der Waals surface area contributed by atoms with E-state index in [-0.39, 0.29) is 0 Å². The zero-order valence-corrected chi connectivity index (χ0v) is 48.9. The monoisotopic (exact) mass is 1020 g/mol. The van der Waals surface area contributed by atoms with E-state index in [1.54, 1.807) is 0 Å². The highest BCUT2D eigenvalue weighted by atomic mass is 16.5. The van der Waals surface area contributed by atoms with Crippen molar-refractivity contribution in [3.63, 3.8) is 0 Å². The van der Waals surface area contributed by atoms with Crippen LogP contribution in [0.25, 0.3) is 36.5 Å². The predicted molar refractivity (Wildman–Crippen MR) is 320 cm³/mol. The summed E-state index contributed by atoms with van der Waals surface area (Å²) in [6, 6.07) is 30.1. The molecule has 74 heavy (non-hydrogen) atoms. The first-order chi connectivity index (χ1) is 35.2. The van der Waals surface area contributed by atoms with Crippen LogP contribution in [-0.4, -0.2) is 155 Å². The largest absolute Gasteiger partial charge is 0.493 e. The van der Waals surface area contributed by atoms with E-state index in [4.69, 9.17) is 18.9 Å². The number of hydrogen-bond acceptors (Lipinski definition) is 4. The van der Waals surface area contributed by atoms with Crippen molar-refractivity contribution in [2.24, 2.45) is 0 Å². The lowest BCUT2D eigenvalue weighted by Gasteiger charge is -2.23. The minimum Gasteiger partial charge on any atom is -0.493 e. The second-order valence-electron chi connectivity index (χ2n) is 24.9. The van der Waals surface area contributed by atoms with Crippen molar-refractivity contribution in [3.8, 4) is 23.0 Å². The Bertz CT molecular complexity index is 1980. The Morgan fingerprint density at radius 3 is 0.635 bits per heavy atom. The number of nitrogens with zero attached hydrogens (tertiary/aromatic N) is 4. The fourth-order valence-electron chi connectivity index (χ4n) is 8.65. The average Bonchev–Trinajstić information content (AvgIpc) is 3.32. The molecule has 408 valence electrons. The molecule has 0 fully saturated rings. The lowest BCUT2D eigenvalue weighted by molar-refractivity contribution is -0.870. The molecule has 4 aromatic carbocycles. The third-order valence-corrected chi connectivity index (χ3v) is 13.1. The van der Waals surface area contributed by atoms with Crippen LogP contribution in [0.2, 0.25) is 0 Å². The van der Waals surface area contributed by atoms with Crippen molar-refractivity contribution in [2.45, 2.75) is 103 Å². The number of quaternary nitrogens is 4. The Labute approximate surface area is 452 Å². The van der Waals surface area contributed by atoms with Crippen LogP contribution in [0.1, 0.15) is 136 Å². The average molecular weight is 1020 g/mol. The molecule has 4 rings (SSSR count). The van der Waals surface area contributed by atoms with Crippen molar-refractivity contribution in [3.05, 3.63) is 118 Å². The Morgan fingerprint density at radius 1 is 0.243 bits per heavy atom. The molecule has 0 saturated heterocycles.